The molecule has 1 aromatic rings. The first-order valence-corrected chi connectivity index (χ1v) is 7.30. The van der Waals surface area contributed by atoms with Crippen LogP contribution in [0.15, 0.2) is 24.3 Å². The second-order valence-corrected chi connectivity index (χ2v) is 6.23. The van der Waals surface area contributed by atoms with Gasteiger partial charge in [-0.3, -0.25) is 0 Å². The van der Waals surface area contributed by atoms with Gasteiger partial charge in [0.25, 0.3) is 0 Å². The number of nitrogens with one attached hydrogen (secondary N) is 1. The van der Waals surface area contributed by atoms with E-state index in [1.807, 2.05) is 0 Å². The van der Waals surface area contributed by atoms with Crippen molar-refractivity contribution in [3.05, 3.63) is 24.3 Å². The first kappa shape index (κ1) is 11.9. The summed E-state index contributed by atoms with van der Waals surface area (Å²) < 4.78 is 0. The van der Waals surface area contributed by atoms with Crippen molar-refractivity contribution in [2.45, 2.75) is 45.6 Å². The first-order chi connectivity index (χ1) is 8.69. The Balaban J connectivity index is 1.78. The van der Waals surface area contributed by atoms with Gasteiger partial charge in [-0.05, 0) is 50.2 Å². The van der Waals surface area contributed by atoms with E-state index in [1.54, 1.807) is 0 Å². The zero-order valence-electron chi connectivity index (χ0n) is 11.6. The summed E-state index contributed by atoms with van der Waals surface area (Å²) in [6.45, 7) is 7.14. The molecule has 98 valence electrons. The molecule has 1 heterocycles. The Kier molecular flexibility index (Phi) is 2.96. The third-order valence-corrected chi connectivity index (χ3v) is 4.81. The van der Waals surface area contributed by atoms with E-state index in [1.165, 1.54) is 50.1 Å². The molecule has 1 N–H and O–H groups in total. The molecule has 1 aliphatic heterocycles. The summed E-state index contributed by atoms with van der Waals surface area (Å²) in [5.41, 5.74) is 3.24. The van der Waals surface area contributed by atoms with E-state index in [9.17, 15) is 0 Å². The van der Waals surface area contributed by atoms with Crippen molar-refractivity contribution in [3.8, 4) is 0 Å². The van der Waals surface area contributed by atoms with E-state index >= 15 is 0 Å². The summed E-state index contributed by atoms with van der Waals surface area (Å²) in [6, 6.07) is 9.36. The van der Waals surface area contributed by atoms with Crippen molar-refractivity contribution in [3.63, 3.8) is 0 Å². The zero-order chi connectivity index (χ0) is 12.6. The van der Waals surface area contributed by atoms with Crippen molar-refractivity contribution < 1.29 is 0 Å². The van der Waals surface area contributed by atoms with Gasteiger partial charge in [0.15, 0.2) is 0 Å². The van der Waals surface area contributed by atoms with Gasteiger partial charge in [0.1, 0.15) is 0 Å². The summed E-state index contributed by atoms with van der Waals surface area (Å²) in [5, 5.41) is 3.75. The number of benzene rings is 1. The van der Waals surface area contributed by atoms with Crippen molar-refractivity contribution in [1.82, 2.24) is 0 Å². The molecule has 2 aliphatic rings. The molecule has 0 bridgehead atoms. The van der Waals surface area contributed by atoms with Crippen LogP contribution in [-0.2, 0) is 0 Å². The van der Waals surface area contributed by atoms with Crippen molar-refractivity contribution in [1.29, 1.82) is 0 Å². The van der Waals surface area contributed by atoms with Crippen molar-refractivity contribution >= 4 is 11.4 Å². The van der Waals surface area contributed by atoms with Gasteiger partial charge in [0.2, 0.25) is 0 Å². The third-order valence-electron chi connectivity index (χ3n) is 4.81. The highest BCUT2D eigenvalue weighted by Crippen LogP contribution is 2.49. The molecular weight excluding hydrogens is 220 g/mol. The maximum atomic E-state index is 3.75. The summed E-state index contributed by atoms with van der Waals surface area (Å²) in [5.74, 6) is 0. The molecule has 2 heteroatoms. The van der Waals surface area contributed by atoms with E-state index in [0.29, 0.717) is 11.5 Å². The standard InChI is InChI=1S/C16H24N2/c1-13(16(2)9-10-16)17-14-7-3-4-8-15(14)18-11-5-6-12-18/h3-4,7-8,13,17H,5-6,9-12H2,1-2H3. The average molecular weight is 244 g/mol. The van der Waals surface area contributed by atoms with Gasteiger partial charge in [0.05, 0.1) is 11.4 Å². The minimum Gasteiger partial charge on any atom is -0.380 e. The van der Waals surface area contributed by atoms with Crippen LogP contribution in [0, 0.1) is 5.41 Å². The zero-order valence-corrected chi connectivity index (χ0v) is 11.6. The highest BCUT2D eigenvalue weighted by atomic mass is 15.2. The molecule has 1 saturated carbocycles. The second-order valence-electron chi connectivity index (χ2n) is 6.23. The Morgan fingerprint density at radius 3 is 2.50 bits per heavy atom. The number of nitrogens with zero attached hydrogens (tertiary/aromatic N) is 1. The van der Waals surface area contributed by atoms with Gasteiger partial charge in [0, 0.05) is 19.1 Å². The molecule has 18 heavy (non-hydrogen) atoms. The summed E-state index contributed by atoms with van der Waals surface area (Å²) in [7, 11) is 0. The van der Waals surface area contributed by atoms with Crippen LogP contribution in [0.25, 0.3) is 0 Å². The molecule has 0 aromatic heterocycles. The molecule has 1 aromatic carbocycles. The van der Waals surface area contributed by atoms with Crippen LogP contribution in [0.3, 0.4) is 0 Å². The van der Waals surface area contributed by atoms with Gasteiger partial charge in [-0.1, -0.05) is 19.1 Å². The van der Waals surface area contributed by atoms with Crippen LogP contribution in [0.2, 0.25) is 0 Å². The van der Waals surface area contributed by atoms with Crippen molar-refractivity contribution in [2.75, 3.05) is 23.3 Å². The Hall–Kier alpha value is -1.18. The van der Waals surface area contributed by atoms with E-state index in [-0.39, 0.29) is 0 Å². The van der Waals surface area contributed by atoms with E-state index in [4.69, 9.17) is 0 Å². The van der Waals surface area contributed by atoms with Crippen LogP contribution in [0.4, 0.5) is 11.4 Å². The fourth-order valence-corrected chi connectivity index (χ4v) is 2.87. The largest absolute Gasteiger partial charge is 0.380 e. The lowest BCUT2D eigenvalue weighted by Crippen LogP contribution is -2.27. The van der Waals surface area contributed by atoms with Crippen LogP contribution >= 0.6 is 0 Å². The lowest BCUT2D eigenvalue weighted by molar-refractivity contribution is 0.493. The molecule has 0 radical (unpaired) electrons. The molecule has 1 saturated heterocycles. The summed E-state index contributed by atoms with van der Waals surface area (Å²) >= 11 is 0. The monoisotopic (exact) mass is 244 g/mol. The number of hydrogen-bond donors (Lipinski definition) is 1. The SMILES string of the molecule is CC(Nc1ccccc1N1CCCC1)C1(C)CC1. The summed E-state index contributed by atoms with van der Waals surface area (Å²) in [4.78, 5) is 2.52. The van der Waals surface area contributed by atoms with Crippen LogP contribution in [0.5, 0.6) is 0 Å². The number of hydrogen-bond acceptors (Lipinski definition) is 2. The topological polar surface area (TPSA) is 15.3 Å². The van der Waals surface area contributed by atoms with Gasteiger partial charge in [-0.2, -0.15) is 0 Å². The Morgan fingerprint density at radius 1 is 1.17 bits per heavy atom. The second kappa shape index (κ2) is 4.49. The molecule has 3 rings (SSSR count). The fourth-order valence-electron chi connectivity index (χ4n) is 2.87. The minimum absolute atomic E-state index is 0.526. The first-order valence-electron chi connectivity index (χ1n) is 7.30. The van der Waals surface area contributed by atoms with Crippen LogP contribution in [-0.4, -0.2) is 19.1 Å². The lowest BCUT2D eigenvalue weighted by atomic mass is 10.0. The number of para-hydroxylation sites is 2. The van der Waals surface area contributed by atoms with Crippen molar-refractivity contribution in [2.24, 2.45) is 5.41 Å². The number of rotatable bonds is 4. The van der Waals surface area contributed by atoms with Gasteiger partial charge < -0.3 is 10.2 Å². The number of anilines is 2. The highest BCUT2D eigenvalue weighted by molar-refractivity contribution is 5.70. The smallest absolute Gasteiger partial charge is 0.0602 e. The van der Waals surface area contributed by atoms with Crippen LogP contribution in [0.1, 0.15) is 39.5 Å². The molecule has 1 atom stereocenters. The summed E-state index contributed by atoms with van der Waals surface area (Å²) in [6.07, 6.45) is 5.41. The molecule has 2 fully saturated rings. The van der Waals surface area contributed by atoms with Gasteiger partial charge in [-0.25, -0.2) is 0 Å². The Labute approximate surface area is 110 Å². The predicted molar refractivity (Wildman–Crippen MR) is 78.3 cm³/mol. The van der Waals surface area contributed by atoms with E-state index in [0.717, 1.165) is 0 Å². The molecular formula is C16H24N2. The maximum absolute atomic E-state index is 3.75. The third kappa shape index (κ3) is 2.21. The Morgan fingerprint density at radius 2 is 1.83 bits per heavy atom. The molecule has 2 nitrogen and oxygen atoms in total. The van der Waals surface area contributed by atoms with Gasteiger partial charge >= 0.3 is 0 Å². The highest BCUT2D eigenvalue weighted by Gasteiger charge is 2.42. The Bertz CT molecular complexity index is 417. The average Bonchev–Trinajstić information content (AvgIpc) is 2.93. The van der Waals surface area contributed by atoms with E-state index in [2.05, 4.69) is 48.3 Å². The minimum atomic E-state index is 0.526. The predicted octanol–water partition coefficient (Wildman–Crippen LogP) is 3.89. The van der Waals surface area contributed by atoms with Gasteiger partial charge in [-0.15, -0.1) is 0 Å². The maximum Gasteiger partial charge on any atom is 0.0602 e. The normalized spacial score (nSPS) is 22.9. The molecule has 0 spiro atoms. The quantitative estimate of drug-likeness (QED) is 0.864. The molecule has 1 unspecified atom stereocenters. The molecule has 0 amide bonds. The van der Waals surface area contributed by atoms with E-state index < -0.39 is 0 Å². The lowest BCUT2D eigenvalue weighted by Gasteiger charge is -2.27. The molecule has 1 aliphatic carbocycles. The fraction of sp³-hybridized carbons (Fsp3) is 0.625. The van der Waals surface area contributed by atoms with Crippen LogP contribution < -0.4 is 10.2 Å².